The number of anilines is 1. The van der Waals surface area contributed by atoms with E-state index in [0.29, 0.717) is 12.1 Å². The number of rotatable bonds is 4. The Labute approximate surface area is 177 Å². The Hall–Kier alpha value is -2.12. The van der Waals surface area contributed by atoms with Crippen molar-refractivity contribution < 1.29 is 13.9 Å². The van der Waals surface area contributed by atoms with Crippen LogP contribution in [0.3, 0.4) is 0 Å². The molecule has 1 aromatic carbocycles. The van der Waals surface area contributed by atoms with Crippen molar-refractivity contribution in [3.63, 3.8) is 0 Å². The van der Waals surface area contributed by atoms with Gasteiger partial charge in [0.2, 0.25) is 5.91 Å². The Morgan fingerprint density at radius 1 is 1.03 bits per heavy atom. The molecule has 4 heterocycles. The fourth-order valence-corrected chi connectivity index (χ4v) is 5.13. The molecule has 3 aliphatic rings. The summed E-state index contributed by atoms with van der Waals surface area (Å²) in [7, 11) is 0. The number of hydrogen-bond acceptors (Lipinski definition) is 6. The molecule has 2 aromatic rings. The molecule has 0 radical (unpaired) electrons. The maximum atomic E-state index is 12.8. The second-order valence-electron chi connectivity index (χ2n) is 8.91. The van der Waals surface area contributed by atoms with E-state index in [1.54, 1.807) is 0 Å². The van der Waals surface area contributed by atoms with Gasteiger partial charge in [-0.3, -0.25) is 9.69 Å². The Bertz CT molecular complexity index is 822. The Morgan fingerprint density at radius 2 is 1.83 bits per heavy atom. The topological polar surface area (TPSA) is 70.8 Å². The molecule has 3 fully saturated rings. The van der Waals surface area contributed by atoms with Crippen LogP contribution in [0.25, 0.3) is 11.1 Å². The summed E-state index contributed by atoms with van der Waals surface area (Å²) in [5.74, 6) is 0.368. The Balaban J connectivity index is 1.14. The first kappa shape index (κ1) is 19.8. The highest BCUT2D eigenvalue weighted by Gasteiger charge is 2.33. The number of amides is 1. The average molecular weight is 413 g/mol. The third-order valence-corrected chi connectivity index (χ3v) is 6.93. The lowest BCUT2D eigenvalue weighted by atomic mass is 9.93. The number of para-hydroxylation sites is 2. The molecule has 7 nitrogen and oxygen atoms in total. The first-order valence-electron chi connectivity index (χ1n) is 11.5. The van der Waals surface area contributed by atoms with Crippen LogP contribution < -0.4 is 10.2 Å². The number of nitrogens with zero attached hydrogens (tertiary/aromatic N) is 3. The van der Waals surface area contributed by atoms with Crippen molar-refractivity contribution in [2.24, 2.45) is 5.92 Å². The van der Waals surface area contributed by atoms with Crippen molar-refractivity contribution >= 4 is 23.0 Å². The lowest BCUT2D eigenvalue weighted by Crippen LogP contribution is -2.52. The van der Waals surface area contributed by atoms with Crippen molar-refractivity contribution in [3.05, 3.63) is 24.3 Å². The molecule has 0 aliphatic carbocycles. The monoisotopic (exact) mass is 412 g/mol. The minimum absolute atomic E-state index is 0.122. The summed E-state index contributed by atoms with van der Waals surface area (Å²) in [6, 6.07) is 9.51. The van der Waals surface area contributed by atoms with Crippen molar-refractivity contribution in [1.82, 2.24) is 15.2 Å². The summed E-state index contributed by atoms with van der Waals surface area (Å²) in [6.07, 6.45) is 6.18. The van der Waals surface area contributed by atoms with Gasteiger partial charge in [0.25, 0.3) is 6.01 Å². The fraction of sp³-hybridized carbons (Fsp3) is 0.652. The molecule has 30 heavy (non-hydrogen) atoms. The molecule has 1 aromatic heterocycles. The van der Waals surface area contributed by atoms with E-state index in [2.05, 4.69) is 20.1 Å². The number of oxazole rings is 1. The van der Waals surface area contributed by atoms with Crippen molar-refractivity contribution in [1.29, 1.82) is 0 Å². The van der Waals surface area contributed by atoms with Crippen LogP contribution in [-0.2, 0) is 9.53 Å². The van der Waals surface area contributed by atoms with Gasteiger partial charge >= 0.3 is 0 Å². The highest BCUT2D eigenvalue weighted by Crippen LogP contribution is 2.28. The van der Waals surface area contributed by atoms with Gasteiger partial charge in [-0.1, -0.05) is 12.1 Å². The van der Waals surface area contributed by atoms with Gasteiger partial charge in [-0.25, -0.2) is 0 Å². The predicted molar refractivity (Wildman–Crippen MR) is 116 cm³/mol. The Kier molecular flexibility index (Phi) is 5.91. The average Bonchev–Trinajstić information content (AvgIpc) is 3.24. The highest BCUT2D eigenvalue weighted by atomic mass is 16.5. The van der Waals surface area contributed by atoms with Gasteiger partial charge in [-0.05, 0) is 57.2 Å². The maximum absolute atomic E-state index is 12.8. The molecular formula is C23H32N4O3. The summed E-state index contributed by atoms with van der Waals surface area (Å²) in [6.45, 7) is 5.43. The molecule has 0 saturated carbocycles. The van der Waals surface area contributed by atoms with Crippen molar-refractivity contribution in [2.45, 2.75) is 50.6 Å². The van der Waals surface area contributed by atoms with Gasteiger partial charge in [-0.15, -0.1) is 0 Å². The number of carbonyl (C=O) groups excluding carboxylic acids is 1. The summed E-state index contributed by atoms with van der Waals surface area (Å²) >= 11 is 0. The van der Waals surface area contributed by atoms with E-state index in [1.165, 1.54) is 0 Å². The normalized spacial score (nSPS) is 24.9. The van der Waals surface area contributed by atoms with E-state index in [9.17, 15) is 4.79 Å². The summed E-state index contributed by atoms with van der Waals surface area (Å²) in [4.78, 5) is 22.3. The molecule has 1 unspecified atom stereocenters. The minimum Gasteiger partial charge on any atom is -0.423 e. The molecule has 1 atom stereocenters. The van der Waals surface area contributed by atoms with Gasteiger partial charge < -0.3 is 19.4 Å². The molecule has 3 saturated heterocycles. The van der Waals surface area contributed by atoms with E-state index in [0.717, 1.165) is 95.0 Å². The molecule has 1 N–H and O–H groups in total. The molecule has 162 valence electrons. The molecule has 7 heteroatoms. The smallest absolute Gasteiger partial charge is 0.298 e. The fourth-order valence-electron chi connectivity index (χ4n) is 5.13. The summed E-state index contributed by atoms with van der Waals surface area (Å²) in [5.41, 5.74) is 1.77. The zero-order chi connectivity index (χ0) is 20.3. The number of aromatic nitrogens is 1. The van der Waals surface area contributed by atoms with Crippen LogP contribution in [0.1, 0.15) is 38.5 Å². The second-order valence-corrected chi connectivity index (χ2v) is 8.91. The van der Waals surface area contributed by atoms with Crippen LogP contribution in [-0.4, -0.2) is 67.3 Å². The predicted octanol–water partition coefficient (Wildman–Crippen LogP) is 2.80. The number of fused-ring (bicyclic) bond motifs is 1. The van der Waals surface area contributed by atoms with Crippen molar-refractivity contribution in [2.75, 3.05) is 44.3 Å². The third-order valence-electron chi connectivity index (χ3n) is 6.93. The largest absolute Gasteiger partial charge is 0.423 e. The number of hydrogen-bond donors (Lipinski definition) is 1. The maximum Gasteiger partial charge on any atom is 0.298 e. The molecule has 5 rings (SSSR count). The van der Waals surface area contributed by atoms with Crippen LogP contribution in [0.4, 0.5) is 6.01 Å². The Morgan fingerprint density at radius 3 is 2.63 bits per heavy atom. The highest BCUT2D eigenvalue weighted by molar-refractivity contribution is 5.79. The quantitative estimate of drug-likeness (QED) is 0.833. The van der Waals surface area contributed by atoms with Crippen LogP contribution in [0.15, 0.2) is 28.7 Å². The number of benzene rings is 1. The van der Waals surface area contributed by atoms with Gasteiger partial charge in [-0.2, -0.15) is 4.98 Å². The van der Waals surface area contributed by atoms with E-state index >= 15 is 0 Å². The lowest BCUT2D eigenvalue weighted by molar-refractivity contribution is -0.128. The van der Waals surface area contributed by atoms with Crippen LogP contribution in [0, 0.1) is 5.92 Å². The van der Waals surface area contributed by atoms with E-state index in [4.69, 9.17) is 9.15 Å². The molecule has 0 bridgehead atoms. The third kappa shape index (κ3) is 4.32. The SMILES string of the molecule is O=C(NC1CCOCC1)C1CCCN(C2CCN(c3nc4ccccc4o3)CC2)C1. The van der Waals surface area contributed by atoms with Crippen LogP contribution in [0.2, 0.25) is 0 Å². The van der Waals surface area contributed by atoms with E-state index in [-0.39, 0.29) is 11.8 Å². The van der Waals surface area contributed by atoms with Crippen LogP contribution in [0.5, 0.6) is 0 Å². The zero-order valence-electron chi connectivity index (χ0n) is 17.6. The van der Waals surface area contributed by atoms with Gasteiger partial charge in [0, 0.05) is 44.9 Å². The summed E-state index contributed by atoms with van der Waals surface area (Å²) < 4.78 is 11.4. The van der Waals surface area contributed by atoms with Gasteiger partial charge in [0.05, 0.1) is 5.92 Å². The van der Waals surface area contributed by atoms with Crippen molar-refractivity contribution in [3.8, 4) is 0 Å². The first-order valence-corrected chi connectivity index (χ1v) is 11.5. The number of carbonyl (C=O) groups is 1. The van der Waals surface area contributed by atoms with Crippen LogP contribution >= 0.6 is 0 Å². The van der Waals surface area contributed by atoms with Gasteiger partial charge in [0.1, 0.15) is 5.52 Å². The van der Waals surface area contributed by atoms with E-state index in [1.807, 2.05) is 24.3 Å². The number of nitrogens with one attached hydrogen (secondary N) is 1. The molecule has 1 amide bonds. The summed E-state index contributed by atoms with van der Waals surface area (Å²) in [5, 5.41) is 3.28. The second kappa shape index (κ2) is 8.94. The zero-order valence-corrected chi connectivity index (χ0v) is 17.6. The van der Waals surface area contributed by atoms with E-state index < -0.39 is 0 Å². The lowest BCUT2D eigenvalue weighted by Gasteiger charge is -2.42. The minimum atomic E-state index is 0.122. The standard InChI is InChI=1S/C23H32N4O3/c28-22(24-18-9-14-29-15-10-18)17-4-3-11-27(16-17)19-7-12-26(13-8-19)23-25-20-5-1-2-6-21(20)30-23/h1-2,5-6,17-19H,3-4,7-16H2,(H,24,28). The first-order chi connectivity index (χ1) is 14.8. The molecule has 0 spiro atoms. The number of ether oxygens (including phenoxy) is 1. The number of likely N-dealkylation sites (tertiary alicyclic amines) is 1. The molecule has 3 aliphatic heterocycles. The molecular weight excluding hydrogens is 380 g/mol. The number of piperidine rings is 2. The van der Waals surface area contributed by atoms with Gasteiger partial charge in [0.15, 0.2) is 5.58 Å².